The van der Waals surface area contributed by atoms with Crippen LogP contribution in [0.5, 0.6) is 0 Å². The molecule has 2 rings (SSSR count). The molecule has 8 heteroatoms. The summed E-state index contributed by atoms with van der Waals surface area (Å²) in [7, 11) is 0. The van der Waals surface area contributed by atoms with Crippen molar-refractivity contribution in [3.05, 3.63) is 12.7 Å². The standard InChI is InChI=1S/C14H25N5O.2ClH/c1-14(2,3)12(15)13(20)18-6-4-5-11(7-18)8-19-10-16-9-17-19;;/h9-12H,4-8,15H2,1-3H3;2*1H/t11?,12-;;/m1../s1. The van der Waals surface area contributed by atoms with Crippen molar-refractivity contribution in [1.29, 1.82) is 0 Å². The van der Waals surface area contributed by atoms with Crippen LogP contribution in [0.25, 0.3) is 0 Å². The predicted molar refractivity (Wildman–Crippen MR) is 91.3 cm³/mol. The van der Waals surface area contributed by atoms with Crippen LogP contribution in [0.3, 0.4) is 0 Å². The molecular weight excluding hydrogens is 325 g/mol. The Balaban J connectivity index is 0.00000220. The minimum Gasteiger partial charge on any atom is -0.341 e. The summed E-state index contributed by atoms with van der Waals surface area (Å²) < 4.78 is 1.84. The molecule has 0 radical (unpaired) electrons. The minimum absolute atomic E-state index is 0. The SMILES string of the molecule is CC(C)(C)[C@H](N)C(=O)N1CCCC(Cn2cncn2)C1.Cl.Cl. The Morgan fingerprint density at radius 1 is 1.41 bits per heavy atom. The predicted octanol–water partition coefficient (Wildman–Crippen LogP) is 1.73. The zero-order valence-electron chi connectivity index (χ0n) is 13.4. The Morgan fingerprint density at radius 2 is 2.09 bits per heavy atom. The molecule has 0 bridgehead atoms. The molecule has 1 aliphatic rings. The Bertz CT molecular complexity index is 447. The lowest BCUT2D eigenvalue weighted by atomic mass is 9.86. The zero-order chi connectivity index (χ0) is 14.8. The van der Waals surface area contributed by atoms with Gasteiger partial charge in [0.15, 0.2) is 0 Å². The summed E-state index contributed by atoms with van der Waals surface area (Å²) in [4.78, 5) is 18.3. The smallest absolute Gasteiger partial charge is 0.240 e. The van der Waals surface area contributed by atoms with Gasteiger partial charge in [0.05, 0.1) is 6.04 Å². The third-order valence-electron chi connectivity index (χ3n) is 3.94. The molecule has 0 aromatic carbocycles. The van der Waals surface area contributed by atoms with Crippen molar-refractivity contribution < 1.29 is 4.79 Å². The first kappa shape index (κ1) is 21.1. The summed E-state index contributed by atoms with van der Waals surface area (Å²) in [5, 5.41) is 4.13. The van der Waals surface area contributed by atoms with E-state index in [9.17, 15) is 4.79 Å². The average Bonchev–Trinajstić information content (AvgIpc) is 2.89. The number of likely N-dealkylation sites (tertiary alicyclic amines) is 1. The molecule has 2 atom stereocenters. The number of hydrogen-bond donors (Lipinski definition) is 1. The van der Waals surface area contributed by atoms with Crippen LogP contribution in [0.15, 0.2) is 12.7 Å². The first-order valence-corrected chi connectivity index (χ1v) is 7.24. The molecule has 128 valence electrons. The molecule has 1 amide bonds. The molecule has 22 heavy (non-hydrogen) atoms. The fourth-order valence-corrected chi connectivity index (χ4v) is 2.57. The Kier molecular flexibility index (Phi) is 8.36. The second-order valence-electron chi connectivity index (χ2n) is 6.75. The lowest BCUT2D eigenvalue weighted by molar-refractivity contribution is -0.136. The van der Waals surface area contributed by atoms with Crippen molar-refractivity contribution in [2.75, 3.05) is 13.1 Å². The molecule has 2 heterocycles. The molecule has 2 N–H and O–H groups in total. The average molecular weight is 352 g/mol. The number of piperidine rings is 1. The van der Waals surface area contributed by atoms with Crippen molar-refractivity contribution in [2.45, 2.75) is 46.2 Å². The van der Waals surface area contributed by atoms with E-state index in [-0.39, 0.29) is 36.1 Å². The molecule has 1 aromatic rings. The molecule has 1 aliphatic heterocycles. The zero-order valence-corrected chi connectivity index (χ0v) is 15.1. The number of carbonyl (C=O) groups is 1. The van der Waals surface area contributed by atoms with Gasteiger partial charge in [-0.2, -0.15) is 5.10 Å². The monoisotopic (exact) mass is 351 g/mol. The van der Waals surface area contributed by atoms with E-state index < -0.39 is 6.04 Å². The van der Waals surface area contributed by atoms with Crippen LogP contribution in [-0.2, 0) is 11.3 Å². The summed E-state index contributed by atoms with van der Waals surface area (Å²) >= 11 is 0. The highest BCUT2D eigenvalue weighted by Crippen LogP contribution is 2.23. The normalized spacial score (nSPS) is 19.8. The van der Waals surface area contributed by atoms with Crippen molar-refractivity contribution in [3.63, 3.8) is 0 Å². The van der Waals surface area contributed by atoms with E-state index in [0.29, 0.717) is 5.92 Å². The van der Waals surface area contributed by atoms with Crippen LogP contribution in [0, 0.1) is 11.3 Å². The summed E-state index contributed by atoms with van der Waals surface area (Å²) in [6.45, 7) is 8.42. The largest absolute Gasteiger partial charge is 0.341 e. The van der Waals surface area contributed by atoms with Crippen LogP contribution >= 0.6 is 24.8 Å². The lowest BCUT2D eigenvalue weighted by Gasteiger charge is -2.37. The van der Waals surface area contributed by atoms with Crippen LogP contribution in [-0.4, -0.2) is 44.7 Å². The molecule has 6 nitrogen and oxygen atoms in total. The van der Waals surface area contributed by atoms with Gasteiger partial charge in [0.1, 0.15) is 12.7 Å². The number of nitrogens with two attached hydrogens (primary N) is 1. The third kappa shape index (κ3) is 5.41. The van der Waals surface area contributed by atoms with Gasteiger partial charge >= 0.3 is 0 Å². The summed E-state index contributed by atoms with van der Waals surface area (Å²) in [6.07, 6.45) is 5.42. The van der Waals surface area contributed by atoms with E-state index in [1.54, 1.807) is 12.7 Å². The van der Waals surface area contributed by atoms with Crippen LogP contribution in [0.2, 0.25) is 0 Å². The molecule has 1 aromatic heterocycles. The lowest BCUT2D eigenvalue weighted by Crippen LogP contribution is -2.53. The van der Waals surface area contributed by atoms with E-state index >= 15 is 0 Å². The molecule has 1 saturated heterocycles. The van der Waals surface area contributed by atoms with Crippen molar-refractivity contribution in [2.24, 2.45) is 17.1 Å². The van der Waals surface area contributed by atoms with Gasteiger partial charge in [0.2, 0.25) is 5.91 Å². The van der Waals surface area contributed by atoms with Gasteiger partial charge in [-0.25, -0.2) is 4.98 Å². The fraction of sp³-hybridized carbons (Fsp3) is 0.786. The number of nitrogens with zero attached hydrogens (tertiary/aromatic N) is 4. The topological polar surface area (TPSA) is 77.0 Å². The van der Waals surface area contributed by atoms with E-state index in [1.807, 2.05) is 30.4 Å². The highest BCUT2D eigenvalue weighted by molar-refractivity contribution is 5.85. The number of amides is 1. The fourth-order valence-electron chi connectivity index (χ4n) is 2.57. The number of halogens is 2. The van der Waals surface area contributed by atoms with Crippen LogP contribution in [0.4, 0.5) is 0 Å². The maximum atomic E-state index is 12.5. The molecule has 0 spiro atoms. The van der Waals surface area contributed by atoms with E-state index in [0.717, 1.165) is 32.5 Å². The Hall–Kier alpha value is -0.850. The second kappa shape index (κ2) is 8.70. The van der Waals surface area contributed by atoms with Crippen molar-refractivity contribution >= 4 is 30.7 Å². The van der Waals surface area contributed by atoms with Gasteiger partial charge in [-0.05, 0) is 24.2 Å². The molecule has 1 unspecified atom stereocenters. The Morgan fingerprint density at radius 3 is 2.64 bits per heavy atom. The van der Waals surface area contributed by atoms with Gasteiger partial charge in [0, 0.05) is 19.6 Å². The highest BCUT2D eigenvalue weighted by Gasteiger charge is 2.33. The van der Waals surface area contributed by atoms with Gasteiger partial charge in [0.25, 0.3) is 0 Å². The van der Waals surface area contributed by atoms with Gasteiger partial charge in [-0.1, -0.05) is 20.8 Å². The molecule has 0 aliphatic carbocycles. The number of aromatic nitrogens is 3. The first-order chi connectivity index (χ1) is 9.38. The van der Waals surface area contributed by atoms with E-state index in [4.69, 9.17) is 5.73 Å². The van der Waals surface area contributed by atoms with Crippen molar-refractivity contribution in [3.8, 4) is 0 Å². The van der Waals surface area contributed by atoms with E-state index in [1.165, 1.54) is 0 Å². The summed E-state index contributed by atoms with van der Waals surface area (Å²) in [5.41, 5.74) is 5.89. The highest BCUT2D eigenvalue weighted by atomic mass is 35.5. The van der Waals surface area contributed by atoms with Crippen LogP contribution < -0.4 is 5.73 Å². The number of carbonyl (C=O) groups excluding carboxylic acids is 1. The first-order valence-electron chi connectivity index (χ1n) is 7.24. The number of rotatable bonds is 3. The Labute approximate surface area is 144 Å². The van der Waals surface area contributed by atoms with Crippen molar-refractivity contribution in [1.82, 2.24) is 19.7 Å². The quantitative estimate of drug-likeness (QED) is 0.899. The molecule has 1 fully saturated rings. The number of hydrogen-bond acceptors (Lipinski definition) is 4. The minimum atomic E-state index is -0.437. The molecule has 0 saturated carbocycles. The summed E-state index contributed by atoms with van der Waals surface area (Å²) in [5.74, 6) is 0.502. The third-order valence-corrected chi connectivity index (χ3v) is 3.94. The maximum absolute atomic E-state index is 12.5. The van der Waals surface area contributed by atoms with E-state index in [2.05, 4.69) is 10.1 Å². The maximum Gasteiger partial charge on any atom is 0.240 e. The second-order valence-corrected chi connectivity index (χ2v) is 6.75. The summed E-state index contributed by atoms with van der Waals surface area (Å²) in [6, 6.07) is -0.437. The van der Waals surface area contributed by atoms with Gasteiger partial charge in [-0.3, -0.25) is 9.48 Å². The molecular formula is C14H27Cl2N5O. The van der Waals surface area contributed by atoms with Gasteiger partial charge in [-0.15, -0.1) is 24.8 Å². The van der Waals surface area contributed by atoms with Crippen LogP contribution in [0.1, 0.15) is 33.6 Å². The van der Waals surface area contributed by atoms with Gasteiger partial charge < -0.3 is 10.6 Å².